The highest BCUT2D eigenvalue weighted by Gasteiger charge is 2.29. The molecule has 1 aromatic carbocycles. The lowest BCUT2D eigenvalue weighted by Gasteiger charge is -2.34. The molecule has 1 saturated heterocycles. The van der Waals surface area contributed by atoms with Crippen LogP contribution in [-0.2, 0) is 10.0 Å². The Balaban J connectivity index is 1.49. The van der Waals surface area contributed by atoms with E-state index in [1.54, 1.807) is 10.7 Å². The average Bonchev–Trinajstić information content (AvgIpc) is 3.11. The van der Waals surface area contributed by atoms with E-state index in [0.717, 1.165) is 17.2 Å². The van der Waals surface area contributed by atoms with Crippen LogP contribution < -0.4 is 9.64 Å². The van der Waals surface area contributed by atoms with E-state index < -0.39 is 10.0 Å². The minimum absolute atomic E-state index is 0.153. The Labute approximate surface area is 186 Å². The summed E-state index contributed by atoms with van der Waals surface area (Å²) in [6.07, 6.45) is 1.50. The fourth-order valence-electron chi connectivity index (χ4n) is 3.60. The monoisotopic (exact) mass is 462 g/mol. The van der Waals surface area contributed by atoms with E-state index in [-0.39, 0.29) is 9.92 Å². The Morgan fingerprint density at radius 3 is 2.32 bits per heavy atom. The number of aromatic nitrogens is 4. The van der Waals surface area contributed by atoms with Crippen molar-refractivity contribution in [2.45, 2.75) is 18.7 Å². The molecule has 3 heterocycles. The van der Waals surface area contributed by atoms with Gasteiger partial charge in [0.15, 0.2) is 5.82 Å². The maximum atomic E-state index is 13.0. The second-order valence-electron chi connectivity index (χ2n) is 7.26. The first kappa shape index (κ1) is 21.5. The van der Waals surface area contributed by atoms with Gasteiger partial charge in [-0.05, 0) is 38.1 Å². The van der Waals surface area contributed by atoms with Crippen molar-refractivity contribution in [2.24, 2.45) is 0 Å². The van der Waals surface area contributed by atoms with Crippen molar-refractivity contribution in [3.63, 3.8) is 0 Å². The molecule has 1 aliphatic heterocycles. The number of rotatable bonds is 5. The Morgan fingerprint density at radius 1 is 1.00 bits per heavy atom. The quantitative estimate of drug-likeness (QED) is 0.574. The van der Waals surface area contributed by atoms with Crippen molar-refractivity contribution in [1.29, 1.82) is 0 Å². The SMILES string of the molecule is COc1ccc(S(=O)(=O)N2CCN(c3cc(-n4nc(C)cc4C)ncn3)CC2)cc1Cl. The van der Waals surface area contributed by atoms with Gasteiger partial charge in [-0.15, -0.1) is 0 Å². The largest absolute Gasteiger partial charge is 0.495 e. The van der Waals surface area contributed by atoms with Gasteiger partial charge in [0.25, 0.3) is 0 Å². The van der Waals surface area contributed by atoms with E-state index in [2.05, 4.69) is 15.1 Å². The number of sulfonamides is 1. The van der Waals surface area contributed by atoms with E-state index in [4.69, 9.17) is 16.3 Å². The van der Waals surface area contributed by atoms with Gasteiger partial charge >= 0.3 is 0 Å². The molecule has 4 rings (SSSR count). The first-order chi connectivity index (χ1) is 14.8. The van der Waals surface area contributed by atoms with Crippen LogP contribution in [0.2, 0.25) is 5.02 Å². The smallest absolute Gasteiger partial charge is 0.243 e. The average molecular weight is 463 g/mol. The van der Waals surface area contributed by atoms with Gasteiger partial charge in [0, 0.05) is 37.9 Å². The highest BCUT2D eigenvalue weighted by atomic mass is 35.5. The fourth-order valence-corrected chi connectivity index (χ4v) is 5.37. The molecule has 0 saturated carbocycles. The summed E-state index contributed by atoms with van der Waals surface area (Å²) in [7, 11) is -2.16. The van der Waals surface area contributed by atoms with Gasteiger partial charge in [-0.2, -0.15) is 9.40 Å². The van der Waals surface area contributed by atoms with Crippen molar-refractivity contribution >= 4 is 27.4 Å². The summed E-state index contributed by atoms with van der Waals surface area (Å²) >= 11 is 6.12. The molecule has 9 nitrogen and oxygen atoms in total. The Morgan fingerprint density at radius 2 is 1.71 bits per heavy atom. The maximum absolute atomic E-state index is 13.0. The number of methoxy groups -OCH3 is 1. The second-order valence-corrected chi connectivity index (χ2v) is 9.61. The number of aryl methyl sites for hydroxylation is 2. The van der Waals surface area contributed by atoms with Crippen molar-refractivity contribution in [2.75, 3.05) is 38.2 Å². The molecule has 164 valence electrons. The van der Waals surface area contributed by atoms with E-state index in [0.29, 0.717) is 37.7 Å². The summed E-state index contributed by atoms with van der Waals surface area (Å²) in [5.74, 6) is 1.85. The highest BCUT2D eigenvalue weighted by Crippen LogP contribution is 2.29. The van der Waals surface area contributed by atoms with E-state index >= 15 is 0 Å². The zero-order valence-electron chi connectivity index (χ0n) is 17.5. The molecule has 0 N–H and O–H groups in total. The molecular formula is C20H23ClN6O3S. The van der Waals surface area contributed by atoms with Gasteiger partial charge in [0.2, 0.25) is 10.0 Å². The van der Waals surface area contributed by atoms with Gasteiger partial charge < -0.3 is 9.64 Å². The van der Waals surface area contributed by atoms with Gasteiger partial charge in [0.1, 0.15) is 17.9 Å². The molecule has 1 fully saturated rings. The van der Waals surface area contributed by atoms with Gasteiger partial charge in [-0.25, -0.2) is 23.1 Å². The summed E-state index contributed by atoms with van der Waals surface area (Å²) in [4.78, 5) is 10.9. The van der Waals surface area contributed by atoms with Crippen LogP contribution in [0, 0.1) is 13.8 Å². The first-order valence-corrected chi connectivity index (χ1v) is 11.6. The Bertz CT molecular complexity index is 1210. The number of halogens is 1. The zero-order chi connectivity index (χ0) is 22.2. The third kappa shape index (κ3) is 4.23. The van der Waals surface area contributed by atoms with Crippen LogP contribution in [0.25, 0.3) is 5.82 Å². The summed E-state index contributed by atoms with van der Waals surface area (Å²) in [6, 6.07) is 8.35. The third-order valence-electron chi connectivity index (χ3n) is 5.19. The van der Waals surface area contributed by atoms with Crippen molar-refractivity contribution in [3.8, 4) is 11.6 Å². The molecule has 11 heteroatoms. The fraction of sp³-hybridized carbons (Fsp3) is 0.350. The lowest BCUT2D eigenvalue weighted by molar-refractivity contribution is 0.383. The molecule has 31 heavy (non-hydrogen) atoms. The molecule has 0 aliphatic carbocycles. The Hall–Kier alpha value is -2.69. The summed E-state index contributed by atoms with van der Waals surface area (Å²) in [5.41, 5.74) is 1.89. The minimum Gasteiger partial charge on any atom is -0.495 e. The van der Waals surface area contributed by atoms with Crippen molar-refractivity contribution in [3.05, 3.63) is 53.1 Å². The number of hydrogen-bond acceptors (Lipinski definition) is 7. The predicted octanol–water partition coefficient (Wildman–Crippen LogP) is 2.45. The van der Waals surface area contributed by atoms with Gasteiger partial charge in [-0.3, -0.25) is 0 Å². The van der Waals surface area contributed by atoms with Crippen LogP contribution in [0.1, 0.15) is 11.4 Å². The maximum Gasteiger partial charge on any atom is 0.243 e. The van der Waals surface area contributed by atoms with Crippen LogP contribution in [0.4, 0.5) is 5.82 Å². The molecule has 0 radical (unpaired) electrons. The number of ether oxygens (including phenoxy) is 1. The van der Waals surface area contributed by atoms with Crippen molar-refractivity contribution in [1.82, 2.24) is 24.1 Å². The van der Waals surface area contributed by atoms with Crippen LogP contribution in [-0.4, -0.2) is 65.8 Å². The molecule has 0 amide bonds. The van der Waals surface area contributed by atoms with Crippen LogP contribution in [0.5, 0.6) is 5.75 Å². The normalized spacial score (nSPS) is 15.3. The molecule has 0 atom stereocenters. The summed E-state index contributed by atoms with van der Waals surface area (Å²) in [6.45, 7) is 5.60. The molecule has 0 unspecified atom stereocenters. The number of hydrogen-bond donors (Lipinski definition) is 0. The number of anilines is 1. The molecular weight excluding hydrogens is 440 g/mol. The molecule has 0 spiro atoms. The topological polar surface area (TPSA) is 93.5 Å². The van der Waals surface area contributed by atoms with E-state index in [1.165, 1.54) is 29.9 Å². The Kier molecular flexibility index (Phi) is 5.87. The summed E-state index contributed by atoms with van der Waals surface area (Å²) < 4.78 is 34.4. The predicted molar refractivity (Wildman–Crippen MR) is 118 cm³/mol. The van der Waals surface area contributed by atoms with Gasteiger partial charge in [0.05, 0.1) is 22.7 Å². The highest BCUT2D eigenvalue weighted by molar-refractivity contribution is 7.89. The molecule has 0 bridgehead atoms. The minimum atomic E-state index is -3.65. The molecule has 2 aromatic heterocycles. The van der Waals surface area contributed by atoms with Gasteiger partial charge in [-0.1, -0.05) is 11.6 Å². The standard InChI is InChI=1S/C20H23ClN6O3S/c1-14-10-15(2)27(24-14)20-12-19(22-13-23-20)25-6-8-26(9-7-25)31(28,29)16-4-5-18(30-3)17(21)11-16/h4-5,10-13H,6-9H2,1-3H3. The molecule has 1 aliphatic rings. The van der Waals surface area contributed by atoms with E-state index in [1.807, 2.05) is 30.9 Å². The number of nitrogens with zero attached hydrogens (tertiary/aromatic N) is 6. The number of benzene rings is 1. The summed E-state index contributed by atoms with van der Waals surface area (Å²) in [5, 5.41) is 4.73. The lowest BCUT2D eigenvalue weighted by atomic mass is 10.3. The van der Waals surface area contributed by atoms with Crippen LogP contribution in [0.3, 0.4) is 0 Å². The van der Waals surface area contributed by atoms with Crippen molar-refractivity contribution < 1.29 is 13.2 Å². The van der Waals surface area contributed by atoms with E-state index in [9.17, 15) is 8.42 Å². The zero-order valence-corrected chi connectivity index (χ0v) is 19.1. The second kappa shape index (κ2) is 8.45. The number of piperazine rings is 1. The first-order valence-electron chi connectivity index (χ1n) is 9.74. The third-order valence-corrected chi connectivity index (χ3v) is 7.38. The van der Waals surface area contributed by atoms with Crippen LogP contribution >= 0.6 is 11.6 Å². The lowest BCUT2D eigenvalue weighted by Crippen LogP contribution is -2.49. The van der Waals surface area contributed by atoms with Crippen LogP contribution in [0.15, 0.2) is 41.6 Å². The molecule has 3 aromatic rings.